The highest BCUT2D eigenvalue weighted by atomic mass is 32.2. The van der Waals surface area contributed by atoms with Gasteiger partial charge in [-0.15, -0.1) is 16.8 Å². The van der Waals surface area contributed by atoms with E-state index in [1.807, 2.05) is 25.3 Å². The number of anilines is 1. The van der Waals surface area contributed by atoms with Crippen molar-refractivity contribution in [2.75, 3.05) is 17.6 Å². The van der Waals surface area contributed by atoms with Crippen molar-refractivity contribution < 1.29 is 9.59 Å². The van der Waals surface area contributed by atoms with Crippen LogP contribution < -0.4 is 10.6 Å². The van der Waals surface area contributed by atoms with E-state index in [4.69, 9.17) is 0 Å². The molecule has 1 heterocycles. The Labute approximate surface area is 163 Å². The Kier molecular flexibility index (Phi) is 7.60. The lowest BCUT2D eigenvalue weighted by Crippen LogP contribution is -2.28. The van der Waals surface area contributed by atoms with E-state index in [-0.39, 0.29) is 17.6 Å². The minimum Gasteiger partial charge on any atom is -0.352 e. The standard InChI is InChI=1S/C19H25N5O2S/c1-5-10-24-14(4)22-23-19(24)27-12-17(25)21-16-9-7-6-8-15(16)18(26)20-11-13(2)3/h5-9,13H,1,10-12H2,2-4H3,(H,20,26)(H,21,25). The number of carbonyl (C=O) groups excluding carboxylic acids is 2. The van der Waals surface area contributed by atoms with Crippen LogP contribution in [0.2, 0.25) is 0 Å². The number of nitrogens with one attached hydrogen (secondary N) is 2. The maximum absolute atomic E-state index is 12.4. The van der Waals surface area contributed by atoms with Gasteiger partial charge in [0.05, 0.1) is 17.0 Å². The van der Waals surface area contributed by atoms with Gasteiger partial charge >= 0.3 is 0 Å². The summed E-state index contributed by atoms with van der Waals surface area (Å²) in [7, 11) is 0. The fraction of sp³-hybridized carbons (Fsp3) is 0.368. The van der Waals surface area contributed by atoms with Crippen LogP contribution in [0.15, 0.2) is 42.1 Å². The zero-order valence-corrected chi connectivity index (χ0v) is 16.7. The molecule has 0 aliphatic heterocycles. The summed E-state index contributed by atoms with van der Waals surface area (Å²) in [6.07, 6.45) is 1.76. The van der Waals surface area contributed by atoms with Gasteiger partial charge < -0.3 is 15.2 Å². The van der Waals surface area contributed by atoms with Crippen LogP contribution in [0.1, 0.15) is 30.0 Å². The molecule has 0 bridgehead atoms. The van der Waals surface area contributed by atoms with Crippen LogP contribution in [0.25, 0.3) is 0 Å². The minimum atomic E-state index is -0.213. The first kappa shape index (κ1) is 20.7. The highest BCUT2D eigenvalue weighted by molar-refractivity contribution is 7.99. The monoisotopic (exact) mass is 387 g/mol. The van der Waals surface area contributed by atoms with E-state index >= 15 is 0 Å². The van der Waals surface area contributed by atoms with E-state index in [1.165, 1.54) is 11.8 Å². The second-order valence-electron chi connectivity index (χ2n) is 6.42. The van der Waals surface area contributed by atoms with Crippen LogP contribution in [0.5, 0.6) is 0 Å². The molecule has 7 nitrogen and oxygen atoms in total. The summed E-state index contributed by atoms with van der Waals surface area (Å²) in [5.74, 6) is 0.869. The lowest BCUT2D eigenvalue weighted by atomic mass is 10.1. The summed E-state index contributed by atoms with van der Waals surface area (Å²) < 4.78 is 1.89. The first-order chi connectivity index (χ1) is 12.9. The van der Waals surface area contributed by atoms with E-state index in [1.54, 1.807) is 30.3 Å². The maximum atomic E-state index is 12.4. The van der Waals surface area contributed by atoms with Gasteiger partial charge in [0.25, 0.3) is 5.91 Å². The summed E-state index contributed by atoms with van der Waals surface area (Å²) in [4.78, 5) is 24.7. The Morgan fingerprint density at radius 3 is 2.74 bits per heavy atom. The second kappa shape index (κ2) is 9.91. The number of hydrogen-bond acceptors (Lipinski definition) is 5. The van der Waals surface area contributed by atoms with Crippen LogP contribution in [-0.2, 0) is 11.3 Å². The van der Waals surface area contributed by atoms with Crippen molar-refractivity contribution in [1.29, 1.82) is 0 Å². The summed E-state index contributed by atoms with van der Waals surface area (Å²) in [6, 6.07) is 6.97. The highest BCUT2D eigenvalue weighted by Gasteiger charge is 2.15. The third-order valence-corrected chi connectivity index (χ3v) is 4.63. The third-order valence-electron chi connectivity index (χ3n) is 3.66. The molecule has 0 aliphatic carbocycles. The molecular weight excluding hydrogens is 362 g/mol. The Morgan fingerprint density at radius 1 is 1.30 bits per heavy atom. The van der Waals surface area contributed by atoms with Gasteiger partial charge in [-0.05, 0) is 25.0 Å². The van der Waals surface area contributed by atoms with E-state index in [0.29, 0.717) is 35.4 Å². The number of allylic oxidation sites excluding steroid dienone is 1. The molecule has 27 heavy (non-hydrogen) atoms. The van der Waals surface area contributed by atoms with E-state index in [9.17, 15) is 9.59 Å². The van der Waals surface area contributed by atoms with Crippen molar-refractivity contribution in [1.82, 2.24) is 20.1 Å². The van der Waals surface area contributed by atoms with Gasteiger partial charge in [-0.3, -0.25) is 9.59 Å². The van der Waals surface area contributed by atoms with E-state index in [2.05, 4.69) is 27.4 Å². The van der Waals surface area contributed by atoms with Crippen LogP contribution in [0, 0.1) is 12.8 Å². The molecule has 0 saturated carbocycles. The van der Waals surface area contributed by atoms with Crippen molar-refractivity contribution in [3.63, 3.8) is 0 Å². The zero-order chi connectivity index (χ0) is 19.8. The molecule has 2 amide bonds. The predicted octanol–water partition coefficient (Wildman–Crippen LogP) is 2.89. The quantitative estimate of drug-likeness (QED) is 0.510. The van der Waals surface area contributed by atoms with Crippen LogP contribution in [0.4, 0.5) is 5.69 Å². The fourth-order valence-corrected chi connectivity index (χ4v) is 3.10. The van der Waals surface area contributed by atoms with Gasteiger partial charge in [0.1, 0.15) is 5.82 Å². The molecule has 8 heteroatoms. The van der Waals surface area contributed by atoms with Gasteiger partial charge in [0, 0.05) is 13.1 Å². The lowest BCUT2D eigenvalue weighted by Gasteiger charge is -2.12. The van der Waals surface area contributed by atoms with Gasteiger partial charge in [-0.2, -0.15) is 0 Å². The average molecular weight is 388 g/mol. The molecule has 0 aliphatic rings. The molecule has 1 aromatic heterocycles. The molecule has 144 valence electrons. The van der Waals surface area contributed by atoms with Gasteiger partial charge in [0.2, 0.25) is 5.91 Å². The number of aromatic nitrogens is 3. The average Bonchev–Trinajstić information content (AvgIpc) is 2.99. The van der Waals surface area contributed by atoms with Crippen molar-refractivity contribution >= 4 is 29.3 Å². The Bertz CT molecular complexity index is 816. The molecule has 2 rings (SSSR count). The molecule has 2 aromatic rings. The number of aryl methyl sites for hydroxylation is 1. The summed E-state index contributed by atoms with van der Waals surface area (Å²) in [5.41, 5.74) is 0.940. The summed E-state index contributed by atoms with van der Waals surface area (Å²) >= 11 is 1.29. The Morgan fingerprint density at radius 2 is 2.04 bits per heavy atom. The number of benzene rings is 1. The van der Waals surface area contributed by atoms with Crippen LogP contribution in [0.3, 0.4) is 0 Å². The summed E-state index contributed by atoms with van der Waals surface area (Å²) in [6.45, 7) is 10.8. The molecule has 0 spiro atoms. The number of carbonyl (C=O) groups is 2. The Balaban J connectivity index is 2.00. The topological polar surface area (TPSA) is 88.9 Å². The van der Waals surface area contributed by atoms with E-state index < -0.39 is 0 Å². The largest absolute Gasteiger partial charge is 0.352 e. The molecule has 0 atom stereocenters. The normalized spacial score (nSPS) is 10.7. The van der Waals surface area contributed by atoms with Gasteiger partial charge in [0.15, 0.2) is 5.16 Å². The van der Waals surface area contributed by atoms with Crippen LogP contribution >= 0.6 is 11.8 Å². The number of amides is 2. The Hall–Kier alpha value is -2.61. The third kappa shape index (κ3) is 5.96. The molecule has 0 unspecified atom stereocenters. The zero-order valence-electron chi connectivity index (χ0n) is 15.9. The molecule has 2 N–H and O–H groups in total. The SMILES string of the molecule is C=CCn1c(C)nnc1SCC(=O)Nc1ccccc1C(=O)NCC(C)C. The molecular formula is C19H25N5O2S. The first-order valence-electron chi connectivity index (χ1n) is 8.73. The second-order valence-corrected chi connectivity index (χ2v) is 7.36. The van der Waals surface area contributed by atoms with E-state index in [0.717, 1.165) is 5.82 Å². The van der Waals surface area contributed by atoms with Gasteiger partial charge in [-0.25, -0.2) is 0 Å². The highest BCUT2D eigenvalue weighted by Crippen LogP contribution is 2.19. The number of thioether (sulfide) groups is 1. The van der Waals surface area contributed by atoms with Crippen LogP contribution in [-0.4, -0.2) is 38.9 Å². The molecule has 0 saturated heterocycles. The minimum absolute atomic E-state index is 0.164. The lowest BCUT2D eigenvalue weighted by molar-refractivity contribution is -0.113. The number of para-hydroxylation sites is 1. The van der Waals surface area contributed by atoms with Crippen molar-refractivity contribution in [3.05, 3.63) is 48.3 Å². The van der Waals surface area contributed by atoms with Gasteiger partial charge in [-0.1, -0.05) is 43.8 Å². The van der Waals surface area contributed by atoms with Crippen molar-refractivity contribution in [2.45, 2.75) is 32.5 Å². The fourth-order valence-electron chi connectivity index (χ4n) is 2.31. The molecule has 0 fully saturated rings. The first-order valence-corrected chi connectivity index (χ1v) is 9.71. The van der Waals surface area contributed by atoms with Crippen molar-refractivity contribution in [3.8, 4) is 0 Å². The maximum Gasteiger partial charge on any atom is 0.253 e. The predicted molar refractivity (Wildman–Crippen MR) is 108 cm³/mol. The molecule has 0 radical (unpaired) electrons. The number of nitrogens with zero attached hydrogens (tertiary/aromatic N) is 3. The number of hydrogen-bond donors (Lipinski definition) is 2. The number of rotatable bonds is 9. The summed E-state index contributed by atoms with van der Waals surface area (Å²) in [5, 5.41) is 14.4. The van der Waals surface area contributed by atoms with Crippen molar-refractivity contribution in [2.24, 2.45) is 5.92 Å². The smallest absolute Gasteiger partial charge is 0.253 e. The molecule has 1 aromatic carbocycles.